The highest BCUT2D eigenvalue weighted by molar-refractivity contribution is 5.28. The fraction of sp³-hybridized carbons (Fsp3) is 0.625. The second-order valence-electron chi connectivity index (χ2n) is 6.17. The molecule has 1 atom stereocenters. The van der Waals surface area contributed by atoms with Gasteiger partial charge in [0.05, 0.1) is 11.4 Å². The molecule has 4 heteroatoms. The molecule has 1 unspecified atom stereocenters. The maximum Gasteiger partial charge on any atom is 0.0681 e. The quantitative estimate of drug-likeness (QED) is 0.858. The second-order valence-corrected chi connectivity index (χ2v) is 6.17. The molecule has 0 saturated heterocycles. The summed E-state index contributed by atoms with van der Waals surface area (Å²) in [7, 11) is 4.04. The Hall–Kier alpha value is -1.58. The van der Waals surface area contributed by atoms with Crippen molar-refractivity contribution in [1.29, 1.82) is 0 Å². The molecule has 0 aliphatic carbocycles. The van der Waals surface area contributed by atoms with E-state index < -0.39 is 0 Å². The van der Waals surface area contributed by atoms with Crippen molar-refractivity contribution in [3.8, 4) is 0 Å². The summed E-state index contributed by atoms with van der Waals surface area (Å²) in [6.45, 7) is 10.9. The number of hydrogen-bond acceptors (Lipinski definition) is 2. The number of aryl methyl sites for hydroxylation is 3. The van der Waals surface area contributed by atoms with E-state index in [-0.39, 0.29) is 0 Å². The molecule has 2 rings (SSSR count). The predicted molar refractivity (Wildman–Crippen MR) is 82.1 cm³/mol. The van der Waals surface area contributed by atoms with Crippen LogP contribution in [0.1, 0.15) is 60.9 Å². The molecule has 0 fully saturated rings. The molecule has 2 aromatic rings. The first kappa shape index (κ1) is 14.8. The fourth-order valence-electron chi connectivity index (χ4n) is 2.74. The maximum absolute atomic E-state index is 4.67. The van der Waals surface area contributed by atoms with E-state index >= 15 is 0 Å². The van der Waals surface area contributed by atoms with Crippen LogP contribution in [0.2, 0.25) is 0 Å². The summed E-state index contributed by atoms with van der Waals surface area (Å²) in [6.07, 6.45) is 0.985. The minimum absolute atomic E-state index is 0.406. The van der Waals surface area contributed by atoms with E-state index in [2.05, 4.69) is 50.9 Å². The average molecular weight is 274 g/mol. The molecule has 20 heavy (non-hydrogen) atoms. The van der Waals surface area contributed by atoms with Crippen molar-refractivity contribution in [3.63, 3.8) is 0 Å². The van der Waals surface area contributed by atoms with E-state index in [0.717, 1.165) is 12.1 Å². The SMILES string of the molecule is Cc1c(C(C)C)nn(C)c1CC(C)c1cc(C)n(C)n1. The highest BCUT2D eigenvalue weighted by Gasteiger charge is 2.19. The zero-order chi connectivity index (χ0) is 15.0. The van der Waals surface area contributed by atoms with Crippen LogP contribution >= 0.6 is 0 Å². The number of hydrogen-bond donors (Lipinski definition) is 0. The summed E-state index contributed by atoms with van der Waals surface area (Å²) in [4.78, 5) is 0. The fourth-order valence-corrected chi connectivity index (χ4v) is 2.74. The van der Waals surface area contributed by atoms with Crippen LogP contribution in [0.5, 0.6) is 0 Å². The Morgan fingerprint density at radius 1 is 1.05 bits per heavy atom. The highest BCUT2D eigenvalue weighted by atomic mass is 15.3. The van der Waals surface area contributed by atoms with Gasteiger partial charge in [0, 0.05) is 31.4 Å². The largest absolute Gasteiger partial charge is 0.273 e. The number of nitrogens with zero attached hydrogens (tertiary/aromatic N) is 4. The van der Waals surface area contributed by atoms with Crippen molar-refractivity contribution in [1.82, 2.24) is 19.6 Å². The minimum atomic E-state index is 0.406. The van der Waals surface area contributed by atoms with Gasteiger partial charge in [-0.3, -0.25) is 9.36 Å². The summed E-state index contributed by atoms with van der Waals surface area (Å²) in [6, 6.07) is 2.18. The lowest BCUT2D eigenvalue weighted by Gasteiger charge is -2.10. The van der Waals surface area contributed by atoms with Gasteiger partial charge in [-0.15, -0.1) is 0 Å². The predicted octanol–water partition coefficient (Wildman–Crippen LogP) is 3.24. The molecule has 4 nitrogen and oxygen atoms in total. The first-order valence-electron chi connectivity index (χ1n) is 7.34. The van der Waals surface area contributed by atoms with Gasteiger partial charge < -0.3 is 0 Å². The van der Waals surface area contributed by atoms with E-state index in [1.54, 1.807) is 0 Å². The molecule has 0 aliphatic rings. The number of rotatable bonds is 4. The van der Waals surface area contributed by atoms with Crippen molar-refractivity contribution in [2.24, 2.45) is 14.1 Å². The van der Waals surface area contributed by atoms with E-state index in [1.165, 1.54) is 22.6 Å². The van der Waals surface area contributed by atoms with E-state index in [1.807, 2.05) is 23.5 Å². The zero-order valence-corrected chi connectivity index (χ0v) is 13.7. The lowest BCUT2D eigenvalue weighted by molar-refractivity contribution is 0.623. The van der Waals surface area contributed by atoms with Gasteiger partial charge in [0.25, 0.3) is 0 Å². The van der Waals surface area contributed by atoms with E-state index in [0.29, 0.717) is 11.8 Å². The highest BCUT2D eigenvalue weighted by Crippen LogP contribution is 2.26. The summed E-state index contributed by atoms with van der Waals surface area (Å²) < 4.78 is 3.98. The Morgan fingerprint density at radius 3 is 2.15 bits per heavy atom. The Labute approximate surface area is 121 Å². The molecule has 0 aliphatic heterocycles. The van der Waals surface area contributed by atoms with Crippen LogP contribution in [0.3, 0.4) is 0 Å². The monoisotopic (exact) mass is 274 g/mol. The van der Waals surface area contributed by atoms with Crippen molar-refractivity contribution in [3.05, 3.63) is 34.4 Å². The molecular formula is C16H26N4. The van der Waals surface area contributed by atoms with E-state index in [4.69, 9.17) is 0 Å². The Kier molecular flexibility index (Phi) is 4.02. The van der Waals surface area contributed by atoms with Gasteiger partial charge >= 0.3 is 0 Å². The molecule has 0 saturated carbocycles. The van der Waals surface area contributed by atoms with Gasteiger partial charge in [-0.25, -0.2) is 0 Å². The minimum Gasteiger partial charge on any atom is -0.273 e. The van der Waals surface area contributed by atoms with Crippen molar-refractivity contribution in [2.45, 2.75) is 52.9 Å². The normalized spacial score (nSPS) is 13.2. The van der Waals surface area contributed by atoms with Gasteiger partial charge in [-0.2, -0.15) is 10.2 Å². The van der Waals surface area contributed by atoms with E-state index in [9.17, 15) is 0 Å². The molecule has 2 heterocycles. The summed E-state index contributed by atoms with van der Waals surface area (Å²) in [5.74, 6) is 0.881. The summed E-state index contributed by atoms with van der Waals surface area (Å²) in [5.41, 5.74) is 6.24. The first-order chi connectivity index (χ1) is 9.31. The third kappa shape index (κ3) is 2.65. The Bertz CT molecular complexity index is 585. The first-order valence-corrected chi connectivity index (χ1v) is 7.34. The molecule has 110 valence electrons. The van der Waals surface area contributed by atoms with Crippen LogP contribution in [-0.4, -0.2) is 19.6 Å². The van der Waals surface area contributed by atoms with Crippen LogP contribution < -0.4 is 0 Å². The Balaban J connectivity index is 2.26. The van der Waals surface area contributed by atoms with Crippen molar-refractivity contribution < 1.29 is 0 Å². The third-order valence-electron chi connectivity index (χ3n) is 4.15. The lowest BCUT2D eigenvalue weighted by atomic mass is 9.97. The van der Waals surface area contributed by atoms with Crippen LogP contribution in [-0.2, 0) is 20.5 Å². The zero-order valence-electron chi connectivity index (χ0n) is 13.7. The van der Waals surface area contributed by atoms with Gasteiger partial charge in [0.1, 0.15) is 0 Å². The number of aromatic nitrogens is 4. The van der Waals surface area contributed by atoms with Crippen LogP contribution in [0.15, 0.2) is 6.07 Å². The molecule has 0 aromatic carbocycles. The average Bonchev–Trinajstić information content (AvgIpc) is 2.84. The smallest absolute Gasteiger partial charge is 0.0681 e. The van der Waals surface area contributed by atoms with Crippen LogP contribution in [0.4, 0.5) is 0 Å². The van der Waals surface area contributed by atoms with Crippen LogP contribution in [0.25, 0.3) is 0 Å². The Morgan fingerprint density at radius 2 is 1.70 bits per heavy atom. The molecule has 0 amide bonds. The molecule has 0 radical (unpaired) electrons. The molecule has 2 aromatic heterocycles. The second kappa shape index (κ2) is 5.43. The lowest BCUT2D eigenvalue weighted by Crippen LogP contribution is -2.06. The topological polar surface area (TPSA) is 35.6 Å². The van der Waals surface area contributed by atoms with Gasteiger partial charge in [0.2, 0.25) is 0 Å². The molecule has 0 bridgehead atoms. The van der Waals surface area contributed by atoms with Crippen molar-refractivity contribution >= 4 is 0 Å². The van der Waals surface area contributed by atoms with Crippen LogP contribution in [0, 0.1) is 13.8 Å². The van der Waals surface area contributed by atoms with Gasteiger partial charge in [0.15, 0.2) is 0 Å². The molecule has 0 N–H and O–H groups in total. The van der Waals surface area contributed by atoms with Gasteiger partial charge in [-0.05, 0) is 37.8 Å². The third-order valence-corrected chi connectivity index (χ3v) is 4.15. The molecular weight excluding hydrogens is 248 g/mol. The van der Waals surface area contributed by atoms with Crippen molar-refractivity contribution in [2.75, 3.05) is 0 Å². The maximum atomic E-state index is 4.67. The summed E-state index contributed by atoms with van der Waals surface area (Å²) >= 11 is 0. The standard InChI is InChI=1S/C16H26N4/c1-10(2)16-13(5)15(20(7)18-16)8-11(3)14-9-12(4)19(6)17-14/h9-11H,8H2,1-7H3. The molecule has 0 spiro atoms. The van der Waals surface area contributed by atoms with Gasteiger partial charge in [-0.1, -0.05) is 20.8 Å². The summed E-state index contributed by atoms with van der Waals surface area (Å²) in [5, 5.41) is 9.26.